The number of primary amides is 1. The lowest BCUT2D eigenvalue weighted by atomic mass is 9.89. The van der Waals surface area contributed by atoms with Gasteiger partial charge in [0.05, 0.1) is 0 Å². The van der Waals surface area contributed by atoms with Gasteiger partial charge >= 0.3 is 12.1 Å². The molecule has 57 heavy (non-hydrogen) atoms. The number of carbonyl (C=O) groups excluding carboxylic acids is 2. The smallest absolute Gasteiger partial charge is 0.456 e. The maximum atomic E-state index is 13.2. The molecule has 2 saturated heterocycles. The Bertz CT molecular complexity index is 2020. The fourth-order valence-electron chi connectivity index (χ4n) is 7.12. The third-order valence-electron chi connectivity index (χ3n) is 10.0. The van der Waals surface area contributed by atoms with Gasteiger partial charge in [0.2, 0.25) is 12.2 Å². The van der Waals surface area contributed by atoms with Crippen LogP contribution in [0.5, 0.6) is 5.75 Å². The molecule has 8 atom stereocenters. The van der Waals surface area contributed by atoms with Gasteiger partial charge in [-0.15, -0.1) is 13.2 Å². The summed E-state index contributed by atoms with van der Waals surface area (Å²) < 4.78 is 70.9. The molecule has 3 aliphatic rings. The summed E-state index contributed by atoms with van der Waals surface area (Å²) in [4.78, 5) is 54.4. The summed E-state index contributed by atoms with van der Waals surface area (Å²) in [5, 5.41) is 24.0. The van der Waals surface area contributed by atoms with Crippen LogP contribution < -0.4 is 31.9 Å². The number of ether oxygens (including phenoxy) is 6. The number of anilines is 1. The maximum absolute atomic E-state index is 13.2. The molecule has 4 heterocycles. The zero-order valence-electron chi connectivity index (χ0n) is 30.7. The molecule has 20 heteroatoms. The van der Waals surface area contributed by atoms with Crippen LogP contribution in [0.2, 0.25) is 0 Å². The van der Waals surface area contributed by atoms with Gasteiger partial charge < -0.3 is 54.6 Å². The number of nitrogens with zero attached hydrogens (tertiary/aromatic N) is 2. The molecule has 3 aromatic rings. The second-order valence-corrected chi connectivity index (χ2v) is 13.6. The van der Waals surface area contributed by atoms with Crippen LogP contribution in [0.15, 0.2) is 82.2 Å². The van der Waals surface area contributed by atoms with Gasteiger partial charge in [0, 0.05) is 51.8 Å². The van der Waals surface area contributed by atoms with E-state index in [4.69, 9.17) is 29.4 Å². The number of benzene rings is 2. The van der Waals surface area contributed by atoms with Gasteiger partial charge in [0.1, 0.15) is 36.3 Å². The van der Waals surface area contributed by atoms with E-state index in [-0.39, 0.29) is 18.2 Å². The number of methoxy groups -OCH3 is 2. The Balaban J connectivity index is 1.04. The van der Waals surface area contributed by atoms with E-state index in [9.17, 15) is 42.6 Å². The standard InChI is InChI=1S/C37H42F3N5O12/c1-52-28-29(55-34(31(28)53-2)45-16-13-26(47)43-36(45)51)30(32(41)49)56-35-27(48)24(46)17-25(54-35)33(50)42-18-19-3-7-22(8-4-19)44-14-11-21(12-15-44)20-5-9-23(10-6-20)57-37(38,39)40/h3-10,13,16-17,21,24,27-31,34-35,46,48H,11-12,14-15,18H2,1-2H3,(H2,41,49)(H,42,50)(H,43,47,51)/t24-,27-,28?,29-,30+,31?,34+,35+/m0/s1. The molecular formula is C37H42F3N5O12. The van der Waals surface area contributed by atoms with Gasteiger partial charge in [-0.1, -0.05) is 24.3 Å². The molecule has 6 rings (SSSR count). The van der Waals surface area contributed by atoms with Crippen LogP contribution >= 0.6 is 0 Å². The SMILES string of the molecule is COC1C(OC)[C@@H]([C@@H](O[C@H]2OC(C(=O)NCc3ccc(N4CCC(c5ccc(OC(F)(F)F)cc5)CC4)cc3)=C[C@H](O)[C@@H]2O)C(N)=O)O[C@H]1n1ccc(=O)[nH]c1=O. The summed E-state index contributed by atoms with van der Waals surface area (Å²) in [6.07, 6.45) is -12.7. The summed E-state index contributed by atoms with van der Waals surface area (Å²) in [6.45, 7) is 1.50. The molecule has 3 aliphatic heterocycles. The van der Waals surface area contributed by atoms with Crippen LogP contribution in [0.4, 0.5) is 18.9 Å². The average molecular weight is 806 g/mol. The number of hydrogen-bond donors (Lipinski definition) is 5. The van der Waals surface area contributed by atoms with Crippen molar-refractivity contribution in [2.45, 2.75) is 80.8 Å². The van der Waals surface area contributed by atoms with Crippen molar-refractivity contribution in [3.63, 3.8) is 0 Å². The number of nitrogens with two attached hydrogens (primary N) is 1. The minimum absolute atomic E-state index is 0.0549. The molecule has 0 saturated carbocycles. The van der Waals surface area contributed by atoms with E-state index in [0.29, 0.717) is 0 Å². The highest BCUT2D eigenvalue weighted by molar-refractivity contribution is 5.91. The minimum Gasteiger partial charge on any atom is -0.456 e. The number of aliphatic hydroxyl groups excluding tert-OH is 2. The lowest BCUT2D eigenvalue weighted by Gasteiger charge is -2.35. The zero-order chi connectivity index (χ0) is 41.0. The van der Waals surface area contributed by atoms with Gasteiger partial charge in [0.15, 0.2) is 18.1 Å². The van der Waals surface area contributed by atoms with E-state index in [1.54, 1.807) is 12.1 Å². The van der Waals surface area contributed by atoms with Crippen LogP contribution in [-0.4, -0.2) is 108 Å². The van der Waals surface area contributed by atoms with Gasteiger partial charge in [0.25, 0.3) is 11.5 Å². The number of piperidine rings is 1. The van der Waals surface area contributed by atoms with E-state index in [0.717, 1.165) is 59.5 Å². The van der Waals surface area contributed by atoms with E-state index >= 15 is 0 Å². The summed E-state index contributed by atoms with van der Waals surface area (Å²) in [5.41, 5.74) is 6.82. The number of carbonyl (C=O) groups is 2. The zero-order valence-corrected chi connectivity index (χ0v) is 30.7. The van der Waals surface area contributed by atoms with Gasteiger partial charge in [-0.25, -0.2) is 4.79 Å². The van der Waals surface area contributed by atoms with Crippen molar-refractivity contribution in [1.29, 1.82) is 0 Å². The first-order valence-electron chi connectivity index (χ1n) is 17.9. The van der Waals surface area contributed by atoms with Crippen LogP contribution in [0.3, 0.4) is 0 Å². The third kappa shape index (κ3) is 9.66. The van der Waals surface area contributed by atoms with Gasteiger partial charge in [-0.05, 0) is 60.2 Å². The van der Waals surface area contributed by atoms with Crippen molar-refractivity contribution in [2.75, 3.05) is 32.2 Å². The normalized spacial score (nSPS) is 26.0. The van der Waals surface area contributed by atoms with Crippen LogP contribution in [0.1, 0.15) is 36.1 Å². The lowest BCUT2D eigenvalue weighted by molar-refractivity contribution is -0.274. The summed E-state index contributed by atoms with van der Waals surface area (Å²) in [5.74, 6) is -2.35. The van der Waals surface area contributed by atoms with Crippen LogP contribution in [0, 0.1) is 0 Å². The molecule has 2 fully saturated rings. The molecular weight excluding hydrogens is 763 g/mol. The molecule has 308 valence electrons. The van der Waals surface area contributed by atoms with E-state index < -0.39 is 84.3 Å². The number of alkyl halides is 3. The Hall–Kier alpha value is -5.25. The summed E-state index contributed by atoms with van der Waals surface area (Å²) >= 11 is 0. The molecule has 2 unspecified atom stereocenters. The number of aromatic nitrogens is 2. The van der Waals surface area contributed by atoms with Crippen LogP contribution in [-0.2, 0) is 39.8 Å². The Labute approximate surface area is 322 Å². The fraction of sp³-hybridized carbons (Fsp3) is 0.459. The topological polar surface area (TPSA) is 226 Å². The van der Waals surface area contributed by atoms with Crippen molar-refractivity contribution in [1.82, 2.24) is 14.9 Å². The van der Waals surface area contributed by atoms with E-state index in [1.807, 2.05) is 24.3 Å². The lowest BCUT2D eigenvalue weighted by Crippen LogP contribution is -2.54. The first kappa shape index (κ1) is 41.4. The number of halogens is 3. The second kappa shape index (κ2) is 17.5. The Kier molecular flexibility index (Phi) is 12.7. The van der Waals surface area contributed by atoms with Crippen molar-refractivity contribution < 1.29 is 61.4 Å². The van der Waals surface area contributed by atoms with Crippen molar-refractivity contribution >= 4 is 17.5 Å². The third-order valence-corrected chi connectivity index (χ3v) is 10.0. The Morgan fingerprint density at radius 2 is 1.67 bits per heavy atom. The first-order chi connectivity index (χ1) is 27.1. The predicted octanol–water partition coefficient (Wildman–Crippen LogP) is 0.896. The number of nitrogens with one attached hydrogen (secondary N) is 2. The molecule has 0 spiro atoms. The number of hydrogen-bond acceptors (Lipinski definition) is 13. The van der Waals surface area contributed by atoms with Crippen molar-refractivity contribution in [3.8, 4) is 5.75 Å². The average Bonchev–Trinajstić information content (AvgIpc) is 3.55. The van der Waals surface area contributed by atoms with Gasteiger partial charge in [-0.3, -0.25) is 23.9 Å². The maximum Gasteiger partial charge on any atom is 0.573 e. The summed E-state index contributed by atoms with van der Waals surface area (Å²) in [6, 6.07) is 14.5. The highest BCUT2D eigenvalue weighted by atomic mass is 19.4. The van der Waals surface area contributed by atoms with Crippen LogP contribution in [0.25, 0.3) is 0 Å². The summed E-state index contributed by atoms with van der Waals surface area (Å²) in [7, 11) is 2.59. The molecule has 2 amide bonds. The largest absolute Gasteiger partial charge is 0.573 e. The fourth-order valence-corrected chi connectivity index (χ4v) is 7.12. The van der Waals surface area contributed by atoms with E-state index in [2.05, 4.69) is 19.9 Å². The molecule has 2 aromatic carbocycles. The van der Waals surface area contributed by atoms with Gasteiger partial charge in [-0.2, -0.15) is 0 Å². The number of amides is 2. The molecule has 1 aromatic heterocycles. The first-order valence-corrected chi connectivity index (χ1v) is 17.9. The molecule has 6 N–H and O–H groups in total. The molecule has 17 nitrogen and oxygen atoms in total. The molecule has 0 aliphatic carbocycles. The molecule has 0 radical (unpaired) electrons. The minimum atomic E-state index is -4.74. The van der Waals surface area contributed by atoms with Crippen molar-refractivity contribution in [3.05, 3.63) is 105 Å². The predicted molar refractivity (Wildman–Crippen MR) is 191 cm³/mol. The number of aromatic amines is 1. The quantitative estimate of drug-likeness (QED) is 0.162. The van der Waals surface area contributed by atoms with Crippen molar-refractivity contribution in [2.24, 2.45) is 5.73 Å². The highest BCUT2D eigenvalue weighted by Crippen LogP contribution is 2.36. The number of rotatable bonds is 13. The molecule has 0 bridgehead atoms. The Morgan fingerprint density at radius 3 is 2.26 bits per heavy atom. The Morgan fingerprint density at radius 1 is 1.00 bits per heavy atom. The highest BCUT2D eigenvalue weighted by Gasteiger charge is 2.53. The second-order valence-electron chi connectivity index (χ2n) is 13.6. The number of aliphatic hydroxyl groups is 2. The van der Waals surface area contributed by atoms with E-state index in [1.165, 1.54) is 32.5 Å². The monoisotopic (exact) mass is 805 g/mol. The number of H-pyrrole nitrogens is 1.